The van der Waals surface area contributed by atoms with Crippen molar-refractivity contribution >= 4 is 21.4 Å². The van der Waals surface area contributed by atoms with Crippen molar-refractivity contribution in [1.82, 2.24) is 4.90 Å². The first-order chi connectivity index (χ1) is 15.8. The second kappa shape index (κ2) is 9.57. The van der Waals surface area contributed by atoms with E-state index < -0.39 is 9.84 Å². The Kier molecular flexibility index (Phi) is 6.59. The van der Waals surface area contributed by atoms with Gasteiger partial charge in [-0.3, -0.25) is 9.69 Å². The number of rotatable bonds is 5. The first kappa shape index (κ1) is 22.7. The van der Waals surface area contributed by atoms with Crippen molar-refractivity contribution in [3.8, 4) is 17.2 Å². The molecule has 0 aromatic heterocycles. The third kappa shape index (κ3) is 5.67. The van der Waals surface area contributed by atoms with Gasteiger partial charge in [-0.1, -0.05) is 30.3 Å². The summed E-state index contributed by atoms with van der Waals surface area (Å²) in [7, 11) is -2.88. The van der Waals surface area contributed by atoms with E-state index >= 15 is 0 Å². The molecule has 0 radical (unpaired) electrons. The molecule has 0 aliphatic carbocycles. The van der Waals surface area contributed by atoms with Gasteiger partial charge in [0.05, 0.1) is 23.1 Å². The molecule has 7 heteroatoms. The molecule has 0 bridgehead atoms. The Morgan fingerprint density at radius 2 is 1.67 bits per heavy atom. The topological polar surface area (TPSA) is 90.3 Å². The van der Waals surface area contributed by atoms with Crippen molar-refractivity contribution in [2.75, 3.05) is 29.9 Å². The summed E-state index contributed by atoms with van der Waals surface area (Å²) in [5.41, 5.74) is 5.92. The second-order valence-electron chi connectivity index (χ2n) is 8.30. The molecule has 0 spiro atoms. The fraction of sp³-hybridized carbons (Fsp3) is 0.231. The minimum Gasteiger partial charge on any atom is -0.322 e. The van der Waals surface area contributed by atoms with Crippen LogP contribution in [0.2, 0.25) is 0 Å². The highest BCUT2D eigenvalue weighted by atomic mass is 32.2. The fourth-order valence-corrected chi connectivity index (χ4v) is 5.14. The third-order valence-corrected chi connectivity index (χ3v) is 7.49. The van der Waals surface area contributed by atoms with E-state index in [1.54, 1.807) is 18.2 Å². The number of sulfone groups is 1. The number of carbonyl (C=O) groups excluding carboxylic acids is 1. The van der Waals surface area contributed by atoms with Crippen LogP contribution < -0.4 is 5.32 Å². The lowest BCUT2D eigenvalue weighted by atomic mass is 9.97. The lowest BCUT2D eigenvalue weighted by molar-refractivity contribution is 0.102. The summed E-state index contributed by atoms with van der Waals surface area (Å²) in [6.45, 7) is 3.79. The molecule has 0 unspecified atom stereocenters. The maximum absolute atomic E-state index is 12.7. The van der Waals surface area contributed by atoms with E-state index in [1.807, 2.05) is 55.5 Å². The molecule has 1 saturated heterocycles. The highest BCUT2D eigenvalue weighted by molar-refractivity contribution is 7.91. The summed E-state index contributed by atoms with van der Waals surface area (Å²) >= 11 is 0. The SMILES string of the molecule is Cc1ccc(C#N)cc1-c1ccc(C(=O)Nc2ccc(CN3CCS(=O)(=O)CC3)cc2)cc1. The molecule has 1 fully saturated rings. The van der Waals surface area contributed by atoms with Crippen LogP contribution >= 0.6 is 0 Å². The number of hydrogen-bond donors (Lipinski definition) is 1. The van der Waals surface area contributed by atoms with Gasteiger partial charge in [0.25, 0.3) is 5.91 Å². The number of benzene rings is 3. The maximum Gasteiger partial charge on any atom is 0.255 e. The normalized spacial score (nSPS) is 15.5. The lowest BCUT2D eigenvalue weighted by Gasteiger charge is -2.26. The van der Waals surface area contributed by atoms with Crippen LogP contribution in [0.4, 0.5) is 5.69 Å². The number of hydrogen-bond acceptors (Lipinski definition) is 5. The van der Waals surface area contributed by atoms with Gasteiger partial charge in [0.15, 0.2) is 9.84 Å². The number of aryl methyl sites for hydroxylation is 1. The highest BCUT2D eigenvalue weighted by Crippen LogP contribution is 2.25. The molecule has 6 nitrogen and oxygen atoms in total. The average molecular weight is 460 g/mol. The Balaban J connectivity index is 1.38. The molecular formula is C26H25N3O3S. The largest absolute Gasteiger partial charge is 0.322 e. The number of anilines is 1. The van der Waals surface area contributed by atoms with Crippen molar-refractivity contribution in [2.24, 2.45) is 0 Å². The number of nitrogens with zero attached hydrogens (tertiary/aromatic N) is 2. The lowest BCUT2D eigenvalue weighted by Crippen LogP contribution is -2.39. The quantitative estimate of drug-likeness (QED) is 0.622. The third-order valence-electron chi connectivity index (χ3n) is 5.88. The Hall–Kier alpha value is -3.47. The first-order valence-electron chi connectivity index (χ1n) is 10.8. The van der Waals surface area contributed by atoms with Gasteiger partial charge in [-0.05, 0) is 65.6 Å². The van der Waals surface area contributed by atoms with Gasteiger partial charge in [0.1, 0.15) is 0 Å². The molecule has 168 valence electrons. The van der Waals surface area contributed by atoms with E-state index in [-0.39, 0.29) is 17.4 Å². The average Bonchev–Trinajstić information content (AvgIpc) is 2.82. The van der Waals surface area contributed by atoms with E-state index in [0.717, 1.165) is 22.3 Å². The summed E-state index contributed by atoms with van der Waals surface area (Å²) in [6.07, 6.45) is 0. The fourth-order valence-electron chi connectivity index (χ4n) is 3.87. The van der Waals surface area contributed by atoms with E-state index in [9.17, 15) is 13.2 Å². The van der Waals surface area contributed by atoms with Crippen LogP contribution in [0.1, 0.15) is 27.0 Å². The number of carbonyl (C=O) groups is 1. The summed E-state index contributed by atoms with van der Waals surface area (Å²) in [5.74, 6) is 0.227. The predicted octanol–water partition coefficient (Wildman–Crippen LogP) is 4.02. The van der Waals surface area contributed by atoms with Crippen LogP contribution in [0.25, 0.3) is 11.1 Å². The minimum atomic E-state index is -2.88. The van der Waals surface area contributed by atoms with Gasteiger partial charge < -0.3 is 5.32 Å². The van der Waals surface area contributed by atoms with Gasteiger partial charge in [-0.15, -0.1) is 0 Å². The smallest absolute Gasteiger partial charge is 0.255 e. The molecule has 33 heavy (non-hydrogen) atoms. The second-order valence-corrected chi connectivity index (χ2v) is 10.6. The summed E-state index contributed by atoms with van der Waals surface area (Å²) in [6, 6.07) is 22.7. The number of nitriles is 1. The predicted molar refractivity (Wildman–Crippen MR) is 130 cm³/mol. The van der Waals surface area contributed by atoms with Crippen molar-refractivity contribution in [3.05, 3.63) is 89.0 Å². The van der Waals surface area contributed by atoms with Gasteiger partial charge >= 0.3 is 0 Å². The zero-order valence-electron chi connectivity index (χ0n) is 18.4. The highest BCUT2D eigenvalue weighted by Gasteiger charge is 2.21. The zero-order chi connectivity index (χ0) is 23.4. The van der Waals surface area contributed by atoms with Crippen molar-refractivity contribution in [3.63, 3.8) is 0 Å². The zero-order valence-corrected chi connectivity index (χ0v) is 19.2. The molecule has 0 saturated carbocycles. The van der Waals surface area contributed by atoms with Crippen molar-refractivity contribution in [1.29, 1.82) is 5.26 Å². The molecule has 3 aromatic carbocycles. The Labute approximate surface area is 194 Å². The maximum atomic E-state index is 12.7. The molecule has 1 aliphatic rings. The number of nitrogens with one attached hydrogen (secondary N) is 1. The van der Waals surface area contributed by atoms with Crippen LogP contribution in [0.3, 0.4) is 0 Å². The van der Waals surface area contributed by atoms with E-state index in [0.29, 0.717) is 36.4 Å². The van der Waals surface area contributed by atoms with E-state index in [2.05, 4.69) is 16.3 Å². The molecule has 4 rings (SSSR count). The van der Waals surface area contributed by atoms with Gasteiger partial charge in [-0.2, -0.15) is 5.26 Å². The monoisotopic (exact) mass is 459 g/mol. The number of amides is 1. The molecule has 1 N–H and O–H groups in total. The van der Waals surface area contributed by atoms with Crippen LogP contribution in [0, 0.1) is 18.3 Å². The molecule has 1 heterocycles. The van der Waals surface area contributed by atoms with Crippen LogP contribution in [-0.4, -0.2) is 43.8 Å². The summed E-state index contributed by atoms with van der Waals surface area (Å²) < 4.78 is 23.1. The van der Waals surface area contributed by atoms with Crippen LogP contribution in [0.5, 0.6) is 0 Å². The van der Waals surface area contributed by atoms with Crippen molar-refractivity contribution in [2.45, 2.75) is 13.5 Å². The van der Waals surface area contributed by atoms with Crippen LogP contribution in [-0.2, 0) is 16.4 Å². The molecule has 1 amide bonds. The van der Waals surface area contributed by atoms with E-state index in [4.69, 9.17) is 5.26 Å². The van der Waals surface area contributed by atoms with Gasteiger partial charge in [0, 0.05) is 30.9 Å². The Morgan fingerprint density at radius 3 is 2.30 bits per heavy atom. The van der Waals surface area contributed by atoms with Crippen molar-refractivity contribution < 1.29 is 13.2 Å². The van der Waals surface area contributed by atoms with E-state index in [1.165, 1.54) is 0 Å². The molecule has 3 aromatic rings. The molecule has 0 atom stereocenters. The standard InChI is InChI=1S/C26H25N3O3S/c1-19-2-3-21(17-27)16-25(19)22-6-8-23(9-7-22)26(30)28-24-10-4-20(5-11-24)18-29-12-14-33(31,32)15-13-29/h2-11,16H,12-15,18H2,1H3,(H,28,30). The Morgan fingerprint density at radius 1 is 1.00 bits per heavy atom. The summed E-state index contributed by atoms with van der Waals surface area (Å²) in [4.78, 5) is 14.8. The Bertz CT molecular complexity index is 1290. The summed E-state index contributed by atoms with van der Waals surface area (Å²) in [5, 5.41) is 12.1. The first-order valence-corrected chi connectivity index (χ1v) is 12.6. The van der Waals surface area contributed by atoms with Crippen LogP contribution in [0.15, 0.2) is 66.7 Å². The minimum absolute atomic E-state index is 0.196. The van der Waals surface area contributed by atoms with Gasteiger partial charge in [-0.25, -0.2) is 8.42 Å². The molecular weight excluding hydrogens is 434 g/mol. The molecule has 1 aliphatic heterocycles. The van der Waals surface area contributed by atoms with Gasteiger partial charge in [0.2, 0.25) is 0 Å².